The highest BCUT2D eigenvalue weighted by Crippen LogP contribution is 2.31. The lowest BCUT2D eigenvalue weighted by Crippen LogP contribution is -2.16. The van der Waals surface area contributed by atoms with E-state index in [1.807, 2.05) is 43.4 Å². The van der Waals surface area contributed by atoms with E-state index in [1.54, 1.807) is 24.5 Å². The van der Waals surface area contributed by atoms with Gasteiger partial charge in [-0.05, 0) is 48.2 Å². The maximum Gasteiger partial charge on any atom is 0.120 e. The Bertz CT molecular complexity index is 831. The van der Waals surface area contributed by atoms with E-state index in [0.29, 0.717) is 12.3 Å². The predicted molar refractivity (Wildman–Crippen MR) is 96.7 cm³/mol. The van der Waals surface area contributed by atoms with Crippen molar-refractivity contribution in [3.05, 3.63) is 57.2 Å². The second-order valence-corrected chi connectivity index (χ2v) is 7.33. The maximum atomic E-state index is 10.3. The van der Waals surface area contributed by atoms with Crippen LogP contribution in [-0.2, 0) is 13.1 Å². The Morgan fingerprint density at radius 3 is 2.61 bits per heavy atom. The Labute approximate surface area is 144 Å². The van der Waals surface area contributed by atoms with Gasteiger partial charge < -0.3 is 9.84 Å². The lowest BCUT2D eigenvalue weighted by atomic mass is 10.0. The zero-order chi connectivity index (χ0) is 16.4. The summed E-state index contributed by atoms with van der Waals surface area (Å²) >= 11 is 7.57. The average Bonchev–Trinajstić information content (AvgIpc) is 2.94. The van der Waals surface area contributed by atoms with Crippen LogP contribution in [0.3, 0.4) is 0 Å². The van der Waals surface area contributed by atoms with Crippen LogP contribution in [0.25, 0.3) is 10.8 Å². The third kappa shape index (κ3) is 3.61. The normalized spacial score (nSPS) is 11.3. The number of fused-ring (bicyclic) bond motifs is 1. The SMILES string of the molecule is COc1ccc2ccc(O)c(CN(C)Cc3ccc(Cl)s3)c2c1. The first kappa shape index (κ1) is 16.1. The Kier molecular flexibility index (Phi) is 4.76. The van der Waals surface area contributed by atoms with Gasteiger partial charge in [-0.25, -0.2) is 0 Å². The van der Waals surface area contributed by atoms with E-state index < -0.39 is 0 Å². The molecule has 0 bridgehead atoms. The fourth-order valence-electron chi connectivity index (χ4n) is 2.67. The molecule has 0 aliphatic heterocycles. The quantitative estimate of drug-likeness (QED) is 0.712. The summed E-state index contributed by atoms with van der Waals surface area (Å²) in [6.45, 7) is 1.43. The first-order valence-electron chi connectivity index (χ1n) is 7.28. The summed E-state index contributed by atoms with van der Waals surface area (Å²) in [6.07, 6.45) is 0. The summed E-state index contributed by atoms with van der Waals surface area (Å²) in [5, 5.41) is 12.4. The summed E-state index contributed by atoms with van der Waals surface area (Å²) in [7, 11) is 3.68. The Balaban J connectivity index is 1.90. The molecule has 0 spiro atoms. The number of phenolic OH excluding ortho intramolecular Hbond substituents is 1. The van der Waals surface area contributed by atoms with Crippen LogP contribution in [-0.4, -0.2) is 24.2 Å². The Morgan fingerprint density at radius 1 is 1.13 bits per heavy atom. The number of hydrogen-bond acceptors (Lipinski definition) is 4. The van der Waals surface area contributed by atoms with Crippen LogP contribution in [0, 0.1) is 0 Å². The Hall–Kier alpha value is -1.75. The van der Waals surface area contributed by atoms with Gasteiger partial charge in [0, 0.05) is 23.5 Å². The predicted octanol–water partition coefficient (Wildman–Crippen LogP) is 4.90. The van der Waals surface area contributed by atoms with E-state index in [0.717, 1.165) is 33.0 Å². The highest BCUT2D eigenvalue weighted by Gasteiger charge is 2.12. The molecule has 120 valence electrons. The highest BCUT2D eigenvalue weighted by atomic mass is 35.5. The Morgan fingerprint density at radius 2 is 1.91 bits per heavy atom. The molecule has 5 heteroatoms. The molecule has 23 heavy (non-hydrogen) atoms. The highest BCUT2D eigenvalue weighted by molar-refractivity contribution is 7.16. The molecule has 1 aromatic heterocycles. The van der Waals surface area contributed by atoms with E-state index >= 15 is 0 Å². The summed E-state index contributed by atoms with van der Waals surface area (Å²) in [6, 6.07) is 13.5. The van der Waals surface area contributed by atoms with Gasteiger partial charge in [-0.15, -0.1) is 11.3 Å². The minimum absolute atomic E-state index is 0.307. The van der Waals surface area contributed by atoms with Crippen molar-refractivity contribution in [2.24, 2.45) is 0 Å². The van der Waals surface area contributed by atoms with Crippen LogP contribution in [0.5, 0.6) is 11.5 Å². The van der Waals surface area contributed by atoms with Gasteiger partial charge in [0.05, 0.1) is 11.4 Å². The van der Waals surface area contributed by atoms with Crippen LogP contribution in [0.1, 0.15) is 10.4 Å². The molecule has 3 rings (SSSR count). The van der Waals surface area contributed by atoms with Crippen molar-refractivity contribution in [1.82, 2.24) is 4.90 Å². The molecule has 0 amide bonds. The maximum absolute atomic E-state index is 10.3. The van der Waals surface area contributed by atoms with Crippen LogP contribution in [0.15, 0.2) is 42.5 Å². The van der Waals surface area contributed by atoms with Crippen molar-refractivity contribution in [1.29, 1.82) is 0 Å². The van der Waals surface area contributed by atoms with Gasteiger partial charge >= 0.3 is 0 Å². The van der Waals surface area contributed by atoms with Gasteiger partial charge in [0.2, 0.25) is 0 Å². The van der Waals surface area contributed by atoms with Gasteiger partial charge in [0.1, 0.15) is 11.5 Å². The van der Waals surface area contributed by atoms with Crippen LogP contribution < -0.4 is 4.74 Å². The van der Waals surface area contributed by atoms with Crippen molar-refractivity contribution in [2.45, 2.75) is 13.1 Å². The van der Waals surface area contributed by atoms with Gasteiger partial charge in [-0.3, -0.25) is 4.90 Å². The van der Waals surface area contributed by atoms with Gasteiger partial charge in [0.15, 0.2) is 0 Å². The standard InChI is InChI=1S/C18H18ClNO2S/c1-20(10-14-6-8-18(19)23-14)11-16-15-9-13(22-2)5-3-12(15)4-7-17(16)21/h3-9,21H,10-11H2,1-2H3. The fraction of sp³-hybridized carbons (Fsp3) is 0.222. The number of rotatable bonds is 5. The molecule has 1 heterocycles. The zero-order valence-electron chi connectivity index (χ0n) is 13.0. The van der Waals surface area contributed by atoms with E-state index in [9.17, 15) is 5.11 Å². The van der Waals surface area contributed by atoms with Crippen molar-refractivity contribution in [3.63, 3.8) is 0 Å². The van der Waals surface area contributed by atoms with E-state index in [1.165, 1.54) is 4.88 Å². The van der Waals surface area contributed by atoms with Gasteiger partial charge in [-0.2, -0.15) is 0 Å². The minimum Gasteiger partial charge on any atom is -0.508 e. The third-order valence-electron chi connectivity index (χ3n) is 3.80. The summed E-state index contributed by atoms with van der Waals surface area (Å²) < 4.78 is 6.11. The van der Waals surface area contributed by atoms with Crippen LogP contribution in [0.2, 0.25) is 4.34 Å². The smallest absolute Gasteiger partial charge is 0.120 e. The summed E-state index contributed by atoms with van der Waals surface area (Å²) in [5.74, 6) is 1.10. The van der Waals surface area contributed by atoms with Crippen LogP contribution >= 0.6 is 22.9 Å². The zero-order valence-corrected chi connectivity index (χ0v) is 14.6. The third-order valence-corrected chi connectivity index (χ3v) is 5.01. The van der Waals surface area contributed by atoms with Crippen molar-refractivity contribution < 1.29 is 9.84 Å². The topological polar surface area (TPSA) is 32.7 Å². The second-order valence-electron chi connectivity index (χ2n) is 5.53. The molecule has 0 unspecified atom stereocenters. The molecule has 0 saturated heterocycles. The number of hydrogen-bond donors (Lipinski definition) is 1. The molecular formula is C18H18ClNO2S. The monoisotopic (exact) mass is 347 g/mol. The average molecular weight is 348 g/mol. The number of thiophene rings is 1. The molecule has 0 aliphatic carbocycles. The first-order chi connectivity index (χ1) is 11.1. The van der Waals surface area contributed by atoms with Gasteiger partial charge in [0.25, 0.3) is 0 Å². The number of methoxy groups -OCH3 is 1. The second kappa shape index (κ2) is 6.79. The molecule has 1 N–H and O–H groups in total. The van der Waals surface area contributed by atoms with Crippen molar-refractivity contribution >= 4 is 33.7 Å². The van der Waals surface area contributed by atoms with E-state index in [4.69, 9.17) is 16.3 Å². The summed E-state index contributed by atoms with van der Waals surface area (Å²) in [4.78, 5) is 3.37. The van der Waals surface area contributed by atoms with Crippen molar-refractivity contribution in [2.75, 3.05) is 14.2 Å². The largest absolute Gasteiger partial charge is 0.508 e. The lowest BCUT2D eigenvalue weighted by Gasteiger charge is -2.18. The molecular weight excluding hydrogens is 330 g/mol. The molecule has 0 saturated carbocycles. The van der Waals surface area contributed by atoms with E-state index in [2.05, 4.69) is 4.90 Å². The lowest BCUT2D eigenvalue weighted by molar-refractivity contribution is 0.317. The number of ether oxygens (including phenoxy) is 1. The first-order valence-corrected chi connectivity index (χ1v) is 8.47. The molecule has 2 aromatic carbocycles. The number of aromatic hydroxyl groups is 1. The number of phenols is 1. The number of nitrogens with zero attached hydrogens (tertiary/aromatic N) is 1. The van der Waals surface area contributed by atoms with Gasteiger partial charge in [-0.1, -0.05) is 23.7 Å². The molecule has 0 radical (unpaired) electrons. The number of halogens is 1. The van der Waals surface area contributed by atoms with Crippen molar-refractivity contribution in [3.8, 4) is 11.5 Å². The molecule has 0 fully saturated rings. The minimum atomic E-state index is 0.307. The molecule has 0 aliphatic rings. The summed E-state index contributed by atoms with van der Waals surface area (Å²) in [5.41, 5.74) is 0.909. The van der Waals surface area contributed by atoms with Crippen LogP contribution in [0.4, 0.5) is 0 Å². The molecule has 3 aromatic rings. The number of benzene rings is 2. The molecule has 0 atom stereocenters. The molecule has 3 nitrogen and oxygen atoms in total. The van der Waals surface area contributed by atoms with E-state index in [-0.39, 0.29) is 0 Å². The fourth-order valence-corrected chi connectivity index (χ4v) is 3.84.